The Kier molecular flexibility index (Phi) is 39.4. The number of hydrogen-bond acceptors (Lipinski definition) is 9. The molecule has 1 aromatic carbocycles. The van der Waals surface area contributed by atoms with Gasteiger partial charge in [-0.2, -0.15) is 0 Å². The van der Waals surface area contributed by atoms with E-state index < -0.39 is 0 Å². The fraction of sp³-hybridized carbons (Fsp3) is 0.685. The highest BCUT2D eigenvalue weighted by atomic mass is 16.5. The molecular formula is C54H89NO8. The van der Waals surface area contributed by atoms with Gasteiger partial charge < -0.3 is 28.6 Å². The van der Waals surface area contributed by atoms with Gasteiger partial charge in [0.05, 0.1) is 32.8 Å². The summed E-state index contributed by atoms with van der Waals surface area (Å²) >= 11 is 0. The van der Waals surface area contributed by atoms with Crippen molar-refractivity contribution in [1.82, 2.24) is 4.90 Å². The van der Waals surface area contributed by atoms with Gasteiger partial charge in [0.15, 0.2) is 0 Å². The van der Waals surface area contributed by atoms with Crippen LogP contribution in [0.4, 0.5) is 0 Å². The molecule has 0 aliphatic heterocycles. The van der Waals surface area contributed by atoms with Crippen molar-refractivity contribution in [3.8, 4) is 11.5 Å². The lowest BCUT2D eigenvalue weighted by Crippen LogP contribution is -2.18. The molecule has 1 aromatic rings. The minimum atomic E-state index is -0.277. The fourth-order valence-electron chi connectivity index (χ4n) is 6.61. The molecule has 0 N–H and O–H groups in total. The summed E-state index contributed by atoms with van der Waals surface area (Å²) in [4.78, 5) is 38.8. The van der Waals surface area contributed by atoms with E-state index in [1.807, 2.05) is 31.1 Å². The average Bonchev–Trinajstić information content (AvgIpc) is 3.27. The highest BCUT2D eigenvalue weighted by Gasteiger charge is 2.10. The summed E-state index contributed by atoms with van der Waals surface area (Å²) < 4.78 is 28.4. The van der Waals surface area contributed by atoms with Gasteiger partial charge in [0.25, 0.3) is 0 Å². The van der Waals surface area contributed by atoms with E-state index in [9.17, 15) is 14.4 Å². The first-order valence-corrected chi connectivity index (χ1v) is 24.9. The van der Waals surface area contributed by atoms with Gasteiger partial charge in [-0.05, 0) is 109 Å². The van der Waals surface area contributed by atoms with E-state index >= 15 is 0 Å². The molecule has 0 aliphatic rings. The van der Waals surface area contributed by atoms with Crippen molar-refractivity contribution in [2.75, 3.05) is 47.1 Å². The van der Waals surface area contributed by atoms with Crippen molar-refractivity contribution in [2.45, 2.75) is 194 Å². The second-order valence-electron chi connectivity index (χ2n) is 16.8. The number of rotatable bonds is 43. The zero-order chi connectivity index (χ0) is 45.7. The summed E-state index contributed by atoms with van der Waals surface area (Å²) in [6, 6.07) is 5.46. The van der Waals surface area contributed by atoms with Gasteiger partial charge in [-0.1, -0.05) is 127 Å². The van der Waals surface area contributed by atoms with Crippen LogP contribution in [-0.4, -0.2) is 69.9 Å². The quantitative estimate of drug-likeness (QED) is 0.0275. The molecule has 0 saturated carbocycles. The van der Waals surface area contributed by atoms with Crippen LogP contribution in [-0.2, 0) is 35.2 Å². The first-order chi connectivity index (χ1) is 30.8. The topological polar surface area (TPSA) is 101 Å². The number of unbranched alkanes of at least 4 members (excludes halogenated alkanes) is 16. The van der Waals surface area contributed by atoms with Gasteiger partial charge >= 0.3 is 17.9 Å². The molecule has 0 fully saturated rings. The number of carbonyl (C=O) groups is 3. The Morgan fingerprint density at radius 3 is 1.27 bits per heavy atom. The molecule has 0 bridgehead atoms. The number of ether oxygens (including phenoxy) is 5. The molecule has 1 rings (SSSR count). The van der Waals surface area contributed by atoms with Gasteiger partial charge in [0, 0.05) is 38.3 Å². The number of nitrogens with zero attached hydrogens (tertiary/aromatic N) is 1. The van der Waals surface area contributed by atoms with Gasteiger partial charge in [0.2, 0.25) is 0 Å². The second-order valence-corrected chi connectivity index (χ2v) is 16.8. The number of allylic oxidation sites excluding steroid dienone is 8. The van der Waals surface area contributed by atoms with Crippen LogP contribution in [0.2, 0.25) is 0 Å². The molecule has 0 heterocycles. The third-order valence-corrected chi connectivity index (χ3v) is 10.4. The van der Waals surface area contributed by atoms with E-state index in [0.29, 0.717) is 76.6 Å². The standard InChI is InChI=1S/C54H89NO8/c1-5-7-9-11-13-15-17-19-21-23-25-27-29-31-33-37-52(56)61-43-35-41-59-50-45-49(48-63-54(58)39-40-55(3)4)46-51(47-50)60-42-36-44-62-53(57)38-34-32-30-28-26-24-22-20-18-16-14-12-10-8-6-2/h13-16,19-22,45-47H,5-12,17-18,23-44,48H2,1-4H3/b15-13-,16-14-,21-19-,22-20+. The normalized spacial score (nSPS) is 11.8. The molecule has 358 valence electrons. The maximum atomic E-state index is 12.3. The lowest BCUT2D eigenvalue weighted by molar-refractivity contribution is -0.145. The monoisotopic (exact) mass is 880 g/mol. The molecule has 0 aliphatic carbocycles. The highest BCUT2D eigenvalue weighted by Crippen LogP contribution is 2.24. The van der Waals surface area contributed by atoms with Crippen molar-refractivity contribution in [3.05, 3.63) is 72.4 Å². The molecular weight excluding hydrogens is 791 g/mol. The number of benzene rings is 1. The van der Waals surface area contributed by atoms with Crippen LogP contribution in [0, 0.1) is 0 Å². The summed E-state index contributed by atoms with van der Waals surface area (Å²) in [6.45, 7) is 6.47. The molecule has 0 spiro atoms. The average molecular weight is 880 g/mol. The molecule has 9 nitrogen and oxygen atoms in total. The van der Waals surface area contributed by atoms with Crippen LogP contribution in [0.3, 0.4) is 0 Å². The van der Waals surface area contributed by atoms with Crippen molar-refractivity contribution in [3.63, 3.8) is 0 Å². The van der Waals surface area contributed by atoms with Crippen LogP contribution in [0.15, 0.2) is 66.8 Å². The third-order valence-electron chi connectivity index (χ3n) is 10.4. The minimum absolute atomic E-state index is 0.0946. The van der Waals surface area contributed by atoms with E-state index in [2.05, 4.69) is 62.5 Å². The summed E-state index contributed by atoms with van der Waals surface area (Å²) in [6.07, 6.45) is 45.8. The lowest BCUT2D eigenvalue weighted by atomic mass is 10.1. The molecule has 0 atom stereocenters. The number of esters is 3. The highest BCUT2D eigenvalue weighted by molar-refractivity contribution is 5.70. The zero-order valence-electron chi connectivity index (χ0n) is 40.4. The first kappa shape index (κ1) is 57.2. The van der Waals surface area contributed by atoms with Gasteiger partial charge in [-0.15, -0.1) is 0 Å². The second kappa shape index (κ2) is 43.4. The van der Waals surface area contributed by atoms with Crippen molar-refractivity contribution in [1.29, 1.82) is 0 Å². The Bertz CT molecular complexity index is 1300. The molecule has 0 aromatic heterocycles. The van der Waals surface area contributed by atoms with E-state index in [-0.39, 0.29) is 24.5 Å². The van der Waals surface area contributed by atoms with Crippen molar-refractivity contribution >= 4 is 17.9 Å². The maximum Gasteiger partial charge on any atom is 0.307 e. The smallest absolute Gasteiger partial charge is 0.307 e. The Hall–Kier alpha value is -3.85. The Labute approximate surface area is 384 Å². The molecule has 9 heteroatoms. The predicted octanol–water partition coefficient (Wildman–Crippen LogP) is 13.9. The summed E-state index contributed by atoms with van der Waals surface area (Å²) in [5, 5.41) is 0. The summed E-state index contributed by atoms with van der Waals surface area (Å²) in [5.74, 6) is 0.545. The van der Waals surface area contributed by atoms with Gasteiger partial charge in [-0.25, -0.2) is 0 Å². The predicted molar refractivity (Wildman–Crippen MR) is 260 cm³/mol. The first-order valence-electron chi connectivity index (χ1n) is 24.9. The number of carbonyl (C=O) groups excluding carboxylic acids is 3. The molecule has 0 radical (unpaired) electrons. The maximum absolute atomic E-state index is 12.3. The zero-order valence-corrected chi connectivity index (χ0v) is 40.4. The van der Waals surface area contributed by atoms with E-state index in [1.165, 1.54) is 77.0 Å². The fourth-order valence-corrected chi connectivity index (χ4v) is 6.61. The van der Waals surface area contributed by atoms with Crippen LogP contribution < -0.4 is 9.47 Å². The number of hydrogen-bond donors (Lipinski definition) is 0. The van der Waals surface area contributed by atoms with E-state index in [4.69, 9.17) is 23.7 Å². The molecule has 0 unspecified atom stereocenters. The molecule has 0 saturated heterocycles. The van der Waals surface area contributed by atoms with Crippen LogP contribution in [0.5, 0.6) is 11.5 Å². The van der Waals surface area contributed by atoms with Gasteiger partial charge in [-0.3, -0.25) is 14.4 Å². The van der Waals surface area contributed by atoms with Gasteiger partial charge in [0.1, 0.15) is 18.1 Å². The third kappa shape index (κ3) is 39.5. The molecule has 0 amide bonds. The van der Waals surface area contributed by atoms with Crippen LogP contribution in [0.25, 0.3) is 0 Å². The Morgan fingerprint density at radius 1 is 0.444 bits per heavy atom. The lowest BCUT2D eigenvalue weighted by Gasteiger charge is -2.14. The Morgan fingerprint density at radius 2 is 0.841 bits per heavy atom. The van der Waals surface area contributed by atoms with Crippen molar-refractivity contribution in [2.24, 2.45) is 0 Å². The van der Waals surface area contributed by atoms with Crippen molar-refractivity contribution < 1.29 is 38.1 Å². The summed E-state index contributed by atoms with van der Waals surface area (Å²) in [7, 11) is 3.83. The largest absolute Gasteiger partial charge is 0.493 e. The van der Waals surface area contributed by atoms with Crippen LogP contribution >= 0.6 is 0 Å². The van der Waals surface area contributed by atoms with E-state index in [0.717, 1.165) is 69.8 Å². The SMILES string of the molecule is CCCCC/C=C\C/C=C\CCCCCCCC(=O)OCCCOc1cc(COC(=O)CCN(C)C)cc(OCCCOC(=O)CCCCCCC/C=C/C/C=C\CCCCC)c1. The van der Waals surface area contributed by atoms with E-state index in [1.54, 1.807) is 6.07 Å². The minimum Gasteiger partial charge on any atom is -0.493 e. The molecule has 63 heavy (non-hydrogen) atoms. The van der Waals surface area contributed by atoms with Crippen LogP contribution in [0.1, 0.15) is 193 Å². The Balaban J connectivity index is 2.29. The summed E-state index contributed by atoms with van der Waals surface area (Å²) in [5.41, 5.74) is 0.744.